The molecule has 7 nitrogen and oxygen atoms in total. The van der Waals surface area contributed by atoms with Gasteiger partial charge in [0.15, 0.2) is 0 Å². The lowest BCUT2D eigenvalue weighted by molar-refractivity contribution is -0.123. The van der Waals surface area contributed by atoms with Crippen molar-refractivity contribution in [2.75, 3.05) is 26.2 Å². The molecule has 2 aliphatic heterocycles. The van der Waals surface area contributed by atoms with E-state index in [4.69, 9.17) is 0 Å². The molecular formula is C20H26BrN3O4S. The fourth-order valence-electron chi connectivity index (χ4n) is 3.97. The smallest absolute Gasteiger partial charge is 0.255 e. The fourth-order valence-corrected chi connectivity index (χ4v) is 5.93. The van der Waals surface area contributed by atoms with Crippen molar-refractivity contribution in [3.63, 3.8) is 0 Å². The van der Waals surface area contributed by atoms with Crippen LogP contribution in [-0.2, 0) is 14.8 Å². The molecule has 1 aromatic carbocycles. The van der Waals surface area contributed by atoms with E-state index in [0.29, 0.717) is 49.1 Å². The van der Waals surface area contributed by atoms with Crippen LogP contribution >= 0.6 is 15.9 Å². The third kappa shape index (κ3) is 4.51. The van der Waals surface area contributed by atoms with Crippen LogP contribution in [0.2, 0.25) is 0 Å². The average molecular weight is 484 g/mol. The van der Waals surface area contributed by atoms with Crippen molar-refractivity contribution in [3.05, 3.63) is 28.2 Å². The van der Waals surface area contributed by atoms with E-state index in [1.165, 1.54) is 10.4 Å². The number of likely N-dealkylation sites (tertiary alicyclic amines) is 1. The first-order valence-electron chi connectivity index (χ1n) is 10.3. The van der Waals surface area contributed by atoms with Crippen LogP contribution in [0.1, 0.15) is 48.9 Å². The van der Waals surface area contributed by atoms with Crippen LogP contribution < -0.4 is 5.32 Å². The highest BCUT2D eigenvalue weighted by molar-refractivity contribution is 9.10. The average Bonchev–Trinajstić information content (AvgIpc) is 3.42. The first-order chi connectivity index (χ1) is 13.9. The molecule has 3 aliphatic rings. The van der Waals surface area contributed by atoms with Gasteiger partial charge in [0.25, 0.3) is 5.91 Å². The van der Waals surface area contributed by atoms with E-state index in [1.807, 2.05) is 0 Å². The molecule has 2 saturated heterocycles. The Bertz CT molecular complexity index is 902. The molecule has 1 aliphatic carbocycles. The van der Waals surface area contributed by atoms with Crippen LogP contribution in [0.3, 0.4) is 0 Å². The van der Waals surface area contributed by atoms with Gasteiger partial charge in [-0.15, -0.1) is 0 Å². The van der Waals surface area contributed by atoms with Gasteiger partial charge in [0.2, 0.25) is 15.9 Å². The summed E-state index contributed by atoms with van der Waals surface area (Å²) in [5.41, 5.74) is 0.366. The van der Waals surface area contributed by atoms with Crippen molar-refractivity contribution in [2.24, 2.45) is 5.92 Å². The lowest BCUT2D eigenvalue weighted by Gasteiger charge is -2.32. The van der Waals surface area contributed by atoms with E-state index in [2.05, 4.69) is 21.2 Å². The zero-order valence-electron chi connectivity index (χ0n) is 16.3. The minimum Gasteiger partial charge on any atom is -0.353 e. The van der Waals surface area contributed by atoms with Crippen molar-refractivity contribution in [1.82, 2.24) is 14.5 Å². The lowest BCUT2D eigenvalue weighted by Crippen LogP contribution is -2.47. The standard InChI is InChI=1S/C20H26BrN3O4S/c21-18-6-5-16(29(27,28)24-9-1-2-10-24)13-17(18)20(26)23-11-7-15(8-12-23)22-19(25)14-3-4-14/h5-6,13-15H,1-4,7-12H2,(H,22,25). The number of halogens is 1. The number of carbonyl (C=O) groups is 2. The molecule has 0 radical (unpaired) electrons. The molecule has 4 rings (SSSR count). The molecule has 0 bridgehead atoms. The second-order valence-corrected chi connectivity index (χ2v) is 10.9. The van der Waals surface area contributed by atoms with Crippen LogP contribution in [0, 0.1) is 5.92 Å². The molecule has 0 aromatic heterocycles. The van der Waals surface area contributed by atoms with E-state index < -0.39 is 10.0 Å². The van der Waals surface area contributed by atoms with Crippen molar-refractivity contribution >= 4 is 37.8 Å². The Kier molecular flexibility index (Phi) is 5.99. The highest BCUT2D eigenvalue weighted by Gasteiger charge is 2.33. The normalized spacial score (nSPS) is 21.3. The van der Waals surface area contributed by atoms with E-state index in [1.54, 1.807) is 17.0 Å². The number of hydrogen-bond donors (Lipinski definition) is 1. The van der Waals surface area contributed by atoms with Crippen LogP contribution in [-0.4, -0.2) is 61.7 Å². The Morgan fingerprint density at radius 3 is 2.28 bits per heavy atom. The van der Waals surface area contributed by atoms with Crippen LogP contribution in [0.25, 0.3) is 0 Å². The van der Waals surface area contributed by atoms with Gasteiger partial charge in [-0.05, 0) is 72.7 Å². The first kappa shape index (κ1) is 20.8. The third-order valence-corrected chi connectivity index (χ3v) is 8.53. The van der Waals surface area contributed by atoms with Gasteiger partial charge in [-0.3, -0.25) is 9.59 Å². The van der Waals surface area contributed by atoms with E-state index in [-0.39, 0.29) is 28.7 Å². The third-order valence-electron chi connectivity index (χ3n) is 5.95. The van der Waals surface area contributed by atoms with Gasteiger partial charge in [0.05, 0.1) is 10.5 Å². The second-order valence-electron chi connectivity index (χ2n) is 8.10. The summed E-state index contributed by atoms with van der Waals surface area (Å²) in [7, 11) is -3.57. The summed E-state index contributed by atoms with van der Waals surface area (Å²) < 4.78 is 27.8. The monoisotopic (exact) mass is 483 g/mol. The molecule has 158 valence electrons. The highest BCUT2D eigenvalue weighted by atomic mass is 79.9. The number of amides is 2. The van der Waals surface area contributed by atoms with Crippen LogP contribution in [0.4, 0.5) is 0 Å². The van der Waals surface area contributed by atoms with Crippen molar-refractivity contribution in [1.29, 1.82) is 0 Å². The zero-order valence-corrected chi connectivity index (χ0v) is 18.7. The first-order valence-corrected chi connectivity index (χ1v) is 12.5. The van der Waals surface area contributed by atoms with Gasteiger partial charge in [0, 0.05) is 42.6 Å². The van der Waals surface area contributed by atoms with Gasteiger partial charge >= 0.3 is 0 Å². The number of nitrogens with one attached hydrogen (secondary N) is 1. The van der Waals surface area contributed by atoms with Crippen molar-refractivity contribution in [3.8, 4) is 0 Å². The second kappa shape index (κ2) is 8.35. The Morgan fingerprint density at radius 2 is 1.66 bits per heavy atom. The lowest BCUT2D eigenvalue weighted by atomic mass is 10.0. The van der Waals surface area contributed by atoms with Crippen LogP contribution in [0.15, 0.2) is 27.6 Å². The Morgan fingerprint density at radius 1 is 1.00 bits per heavy atom. The van der Waals surface area contributed by atoms with E-state index in [9.17, 15) is 18.0 Å². The van der Waals surface area contributed by atoms with Gasteiger partial charge < -0.3 is 10.2 Å². The molecule has 2 amide bonds. The fraction of sp³-hybridized carbons (Fsp3) is 0.600. The molecule has 3 fully saturated rings. The maximum atomic E-state index is 13.1. The van der Waals surface area contributed by atoms with Gasteiger partial charge in [-0.25, -0.2) is 8.42 Å². The van der Waals surface area contributed by atoms with Gasteiger partial charge in [-0.1, -0.05) is 0 Å². The van der Waals surface area contributed by atoms with Gasteiger partial charge in [0.1, 0.15) is 0 Å². The Labute approximate surface area is 180 Å². The Hall–Kier alpha value is -1.45. The highest BCUT2D eigenvalue weighted by Crippen LogP contribution is 2.30. The number of hydrogen-bond acceptors (Lipinski definition) is 4. The molecular weight excluding hydrogens is 458 g/mol. The summed E-state index contributed by atoms with van der Waals surface area (Å²) in [5, 5.41) is 3.08. The minimum absolute atomic E-state index is 0.109. The topological polar surface area (TPSA) is 86.8 Å². The molecule has 9 heteroatoms. The summed E-state index contributed by atoms with van der Waals surface area (Å²) in [6.07, 6.45) is 5.13. The minimum atomic E-state index is -3.57. The van der Waals surface area contributed by atoms with Gasteiger partial charge in [-0.2, -0.15) is 4.31 Å². The van der Waals surface area contributed by atoms with E-state index in [0.717, 1.165) is 25.7 Å². The molecule has 0 spiro atoms. The Balaban J connectivity index is 1.44. The number of carbonyl (C=O) groups excluding carboxylic acids is 2. The predicted octanol–water partition coefficient (Wildman–Crippen LogP) is 2.36. The quantitative estimate of drug-likeness (QED) is 0.696. The number of piperidine rings is 1. The van der Waals surface area contributed by atoms with E-state index >= 15 is 0 Å². The molecule has 29 heavy (non-hydrogen) atoms. The number of rotatable bonds is 5. The summed E-state index contributed by atoms with van der Waals surface area (Å²) in [5.74, 6) is 0.144. The molecule has 1 N–H and O–H groups in total. The molecule has 2 heterocycles. The maximum absolute atomic E-state index is 13.1. The number of sulfonamides is 1. The largest absolute Gasteiger partial charge is 0.353 e. The number of benzene rings is 1. The summed E-state index contributed by atoms with van der Waals surface area (Å²) >= 11 is 3.40. The molecule has 1 saturated carbocycles. The predicted molar refractivity (Wildman–Crippen MR) is 112 cm³/mol. The molecule has 1 aromatic rings. The maximum Gasteiger partial charge on any atom is 0.255 e. The summed E-state index contributed by atoms with van der Waals surface area (Å²) in [6, 6.07) is 4.78. The molecule has 0 atom stereocenters. The SMILES string of the molecule is O=C(NC1CCN(C(=O)c2cc(S(=O)(=O)N3CCCC3)ccc2Br)CC1)C1CC1. The van der Waals surface area contributed by atoms with Crippen LogP contribution in [0.5, 0.6) is 0 Å². The summed E-state index contributed by atoms with van der Waals surface area (Å²) in [6.45, 7) is 2.15. The summed E-state index contributed by atoms with van der Waals surface area (Å²) in [4.78, 5) is 26.9. The zero-order chi connectivity index (χ0) is 20.6. The number of nitrogens with zero attached hydrogens (tertiary/aromatic N) is 2. The van der Waals surface area contributed by atoms with Crippen molar-refractivity contribution < 1.29 is 18.0 Å². The molecule has 0 unspecified atom stereocenters. The van der Waals surface area contributed by atoms with Crippen molar-refractivity contribution in [2.45, 2.75) is 49.5 Å².